The molecule has 2 aromatic heterocycles. The van der Waals surface area contributed by atoms with Gasteiger partial charge in [-0.3, -0.25) is 4.98 Å². The average Bonchev–Trinajstić information content (AvgIpc) is 3.24. The normalized spacial score (nSPS) is 14.9. The molecule has 1 amide bonds. The molecule has 1 aliphatic rings. The molecule has 1 fully saturated rings. The van der Waals surface area contributed by atoms with Crippen molar-refractivity contribution in [3.63, 3.8) is 0 Å². The molecule has 3 heterocycles. The first-order chi connectivity index (χ1) is 13.3. The highest BCUT2D eigenvalue weighted by atomic mass is 16.6. The lowest BCUT2D eigenvalue weighted by Crippen LogP contribution is -2.38. The number of rotatable bonds is 4. The molecule has 27 heavy (non-hydrogen) atoms. The lowest BCUT2D eigenvalue weighted by atomic mass is 9.97. The summed E-state index contributed by atoms with van der Waals surface area (Å²) in [6.45, 7) is 1.52. The fourth-order valence-corrected chi connectivity index (χ4v) is 3.13. The second-order valence-corrected chi connectivity index (χ2v) is 6.48. The average molecular weight is 364 g/mol. The third-order valence-corrected chi connectivity index (χ3v) is 4.68. The Morgan fingerprint density at radius 3 is 2.56 bits per heavy atom. The van der Waals surface area contributed by atoms with Crippen LogP contribution in [0.5, 0.6) is 0 Å². The van der Waals surface area contributed by atoms with E-state index in [1.165, 1.54) is 0 Å². The number of piperidine rings is 1. The number of pyridine rings is 1. The summed E-state index contributed by atoms with van der Waals surface area (Å²) < 4.78 is 11.2. The van der Waals surface area contributed by atoms with Crippen LogP contribution in [0.3, 0.4) is 0 Å². The highest BCUT2D eigenvalue weighted by Gasteiger charge is 2.28. The van der Waals surface area contributed by atoms with E-state index in [9.17, 15) is 4.79 Å². The standard InChI is InChI=1S/C20H20N4O3/c25-20(26-14-15-4-2-1-3-5-15)24-12-8-17(9-13-24)19-23-22-18(27-19)16-6-10-21-11-7-16/h1-7,10-11,17H,8-9,12-14H2. The molecule has 1 saturated heterocycles. The minimum absolute atomic E-state index is 0.159. The lowest BCUT2D eigenvalue weighted by molar-refractivity contribution is 0.0856. The van der Waals surface area contributed by atoms with E-state index in [-0.39, 0.29) is 12.0 Å². The molecule has 1 aromatic carbocycles. The molecule has 1 aliphatic heterocycles. The van der Waals surface area contributed by atoms with Gasteiger partial charge >= 0.3 is 6.09 Å². The molecule has 7 nitrogen and oxygen atoms in total. The smallest absolute Gasteiger partial charge is 0.410 e. The second-order valence-electron chi connectivity index (χ2n) is 6.48. The summed E-state index contributed by atoms with van der Waals surface area (Å²) in [6, 6.07) is 13.3. The summed E-state index contributed by atoms with van der Waals surface area (Å²) >= 11 is 0. The largest absolute Gasteiger partial charge is 0.445 e. The van der Waals surface area contributed by atoms with Crippen LogP contribution in [-0.2, 0) is 11.3 Å². The van der Waals surface area contributed by atoms with Gasteiger partial charge in [0.2, 0.25) is 11.8 Å². The van der Waals surface area contributed by atoms with Crippen molar-refractivity contribution in [2.45, 2.75) is 25.4 Å². The second kappa shape index (κ2) is 7.99. The third kappa shape index (κ3) is 4.13. The molecular formula is C20H20N4O3. The van der Waals surface area contributed by atoms with Crippen molar-refractivity contribution in [1.82, 2.24) is 20.1 Å². The van der Waals surface area contributed by atoms with Gasteiger partial charge in [-0.15, -0.1) is 10.2 Å². The maximum atomic E-state index is 12.3. The molecule has 0 aliphatic carbocycles. The summed E-state index contributed by atoms with van der Waals surface area (Å²) in [5.41, 5.74) is 1.83. The zero-order valence-electron chi connectivity index (χ0n) is 14.8. The van der Waals surface area contributed by atoms with Crippen LogP contribution in [0, 0.1) is 0 Å². The van der Waals surface area contributed by atoms with Gasteiger partial charge in [0.1, 0.15) is 6.61 Å². The van der Waals surface area contributed by atoms with E-state index < -0.39 is 0 Å². The van der Waals surface area contributed by atoms with E-state index in [0.29, 0.717) is 31.5 Å². The van der Waals surface area contributed by atoms with Gasteiger partial charge < -0.3 is 14.1 Å². The molecule has 0 N–H and O–H groups in total. The lowest BCUT2D eigenvalue weighted by Gasteiger charge is -2.29. The van der Waals surface area contributed by atoms with Crippen LogP contribution < -0.4 is 0 Å². The predicted molar refractivity (Wildman–Crippen MR) is 97.7 cm³/mol. The van der Waals surface area contributed by atoms with E-state index >= 15 is 0 Å². The van der Waals surface area contributed by atoms with Crippen molar-refractivity contribution in [3.05, 3.63) is 66.3 Å². The van der Waals surface area contributed by atoms with Gasteiger partial charge in [-0.1, -0.05) is 30.3 Å². The number of hydrogen-bond acceptors (Lipinski definition) is 6. The number of ether oxygens (including phenoxy) is 1. The van der Waals surface area contributed by atoms with Crippen molar-refractivity contribution in [1.29, 1.82) is 0 Å². The molecule has 0 spiro atoms. The first-order valence-electron chi connectivity index (χ1n) is 8.99. The van der Waals surface area contributed by atoms with Crippen LogP contribution >= 0.6 is 0 Å². The Morgan fingerprint density at radius 2 is 1.81 bits per heavy atom. The predicted octanol–water partition coefficient (Wildman–Crippen LogP) is 3.65. The molecule has 3 aromatic rings. The minimum Gasteiger partial charge on any atom is -0.445 e. The van der Waals surface area contributed by atoms with Gasteiger partial charge in [-0.2, -0.15) is 0 Å². The molecule has 7 heteroatoms. The minimum atomic E-state index is -0.277. The van der Waals surface area contributed by atoms with E-state index in [0.717, 1.165) is 24.0 Å². The summed E-state index contributed by atoms with van der Waals surface area (Å²) in [4.78, 5) is 18.0. The first-order valence-corrected chi connectivity index (χ1v) is 8.99. The van der Waals surface area contributed by atoms with Gasteiger partial charge in [0.05, 0.1) is 0 Å². The van der Waals surface area contributed by atoms with E-state index in [1.54, 1.807) is 17.3 Å². The third-order valence-electron chi connectivity index (χ3n) is 4.68. The Bertz CT molecular complexity index is 875. The molecule has 0 bridgehead atoms. The fourth-order valence-electron chi connectivity index (χ4n) is 3.13. The van der Waals surface area contributed by atoms with Gasteiger partial charge in [-0.05, 0) is 30.5 Å². The number of carbonyl (C=O) groups is 1. The molecule has 4 rings (SSSR count). The first kappa shape index (κ1) is 17.2. The highest BCUT2D eigenvalue weighted by Crippen LogP contribution is 2.29. The van der Waals surface area contributed by atoms with Crippen molar-refractivity contribution >= 4 is 6.09 Å². The topological polar surface area (TPSA) is 81.4 Å². The number of amides is 1. The molecule has 0 saturated carbocycles. The van der Waals surface area contributed by atoms with Crippen LogP contribution in [0.2, 0.25) is 0 Å². The Balaban J connectivity index is 1.30. The van der Waals surface area contributed by atoms with Crippen molar-refractivity contribution in [2.24, 2.45) is 0 Å². The van der Waals surface area contributed by atoms with E-state index in [1.807, 2.05) is 42.5 Å². The monoisotopic (exact) mass is 364 g/mol. The van der Waals surface area contributed by atoms with E-state index in [2.05, 4.69) is 15.2 Å². The number of benzene rings is 1. The summed E-state index contributed by atoms with van der Waals surface area (Å²) in [5.74, 6) is 1.28. The van der Waals surface area contributed by atoms with E-state index in [4.69, 9.17) is 9.15 Å². The van der Waals surface area contributed by atoms with Crippen LogP contribution in [0.25, 0.3) is 11.5 Å². The number of aromatic nitrogens is 3. The van der Waals surface area contributed by atoms with Gasteiger partial charge in [0, 0.05) is 37.0 Å². The van der Waals surface area contributed by atoms with Gasteiger partial charge in [0.15, 0.2) is 0 Å². The van der Waals surface area contributed by atoms with Crippen LogP contribution in [-0.4, -0.2) is 39.3 Å². The number of hydrogen-bond donors (Lipinski definition) is 0. The Morgan fingerprint density at radius 1 is 1.07 bits per heavy atom. The summed E-state index contributed by atoms with van der Waals surface area (Å²) in [7, 11) is 0. The van der Waals surface area contributed by atoms with Crippen LogP contribution in [0.1, 0.15) is 30.2 Å². The maximum Gasteiger partial charge on any atom is 0.410 e. The van der Waals surface area contributed by atoms with Gasteiger partial charge in [0.25, 0.3) is 0 Å². The van der Waals surface area contributed by atoms with Crippen molar-refractivity contribution in [3.8, 4) is 11.5 Å². The molecule has 0 radical (unpaired) electrons. The molecular weight excluding hydrogens is 344 g/mol. The SMILES string of the molecule is O=C(OCc1ccccc1)N1CCC(c2nnc(-c3ccncc3)o2)CC1. The quantitative estimate of drug-likeness (QED) is 0.703. The molecule has 0 unspecified atom stereocenters. The zero-order chi connectivity index (χ0) is 18.5. The summed E-state index contributed by atoms with van der Waals surface area (Å²) in [5, 5.41) is 8.32. The highest BCUT2D eigenvalue weighted by molar-refractivity contribution is 5.67. The fraction of sp³-hybridized carbons (Fsp3) is 0.300. The van der Waals surface area contributed by atoms with Crippen LogP contribution in [0.15, 0.2) is 59.3 Å². The van der Waals surface area contributed by atoms with Crippen molar-refractivity contribution < 1.29 is 13.9 Å². The zero-order valence-corrected chi connectivity index (χ0v) is 14.8. The number of carbonyl (C=O) groups excluding carboxylic acids is 1. The molecule has 0 atom stereocenters. The van der Waals surface area contributed by atoms with Gasteiger partial charge in [-0.25, -0.2) is 4.79 Å². The maximum absolute atomic E-state index is 12.3. The summed E-state index contributed by atoms with van der Waals surface area (Å²) in [6.07, 6.45) is 4.66. The number of likely N-dealkylation sites (tertiary alicyclic amines) is 1. The Labute approximate surface area is 157 Å². The van der Waals surface area contributed by atoms with Crippen LogP contribution in [0.4, 0.5) is 4.79 Å². The Kier molecular flexibility index (Phi) is 5.09. The molecule has 138 valence electrons. The Hall–Kier alpha value is -3.22. The number of nitrogens with zero attached hydrogens (tertiary/aromatic N) is 4. The van der Waals surface area contributed by atoms with Crippen molar-refractivity contribution in [2.75, 3.05) is 13.1 Å².